The molecule has 0 saturated carbocycles. The number of fused-ring (bicyclic) bond motifs is 3. The van der Waals surface area contributed by atoms with Gasteiger partial charge in [0, 0.05) is 22.1 Å². The highest BCUT2D eigenvalue weighted by Gasteiger charge is 2.36. The minimum atomic E-state index is -0.140. The summed E-state index contributed by atoms with van der Waals surface area (Å²) in [6, 6.07) is 54.9. The highest BCUT2D eigenvalue weighted by molar-refractivity contribution is 5.93. The zero-order chi connectivity index (χ0) is 32.0. The van der Waals surface area contributed by atoms with E-state index in [-0.39, 0.29) is 5.41 Å². The molecule has 0 aliphatic heterocycles. The molecule has 222 valence electrons. The summed E-state index contributed by atoms with van der Waals surface area (Å²) in [4.78, 5) is 10.1. The van der Waals surface area contributed by atoms with Crippen molar-refractivity contribution in [2.75, 3.05) is 0 Å². The van der Waals surface area contributed by atoms with Crippen LogP contribution in [0.3, 0.4) is 0 Å². The Labute approximate surface area is 275 Å². The zero-order valence-corrected chi connectivity index (χ0v) is 26.3. The fourth-order valence-electron chi connectivity index (χ4n) is 6.86. The largest absolute Gasteiger partial charge is 0.228 e. The van der Waals surface area contributed by atoms with Gasteiger partial charge in [-0.2, -0.15) is 5.26 Å². The van der Waals surface area contributed by atoms with Crippen LogP contribution in [0.1, 0.15) is 30.5 Å². The summed E-state index contributed by atoms with van der Waals surface area (Å²) in [5.74, 6) is 0.697. The van der Waals surface area contributed by atoms with E-state index in [1.165, 1.54) is 33.4 Å². The van der Waals surface area contributed by atoms with E-state index in [0.29, 0.717) is 11.4 Å². The number of nitriles is 1. The molecule has 0 atom stereocenters. The van der Waals surface area contributed by atoms with Crippen molar-refractivity contribution < 1.29 is 0 Å². The maximum Gasteiger partial charge on any atom is 0.160 e. The van der Waals surface area contributed by atoms with E-state index in [4.69, 9.17) is 9.97 Å². The molecule has 47 heavy (non-hydrogen) atoms. The van der Waals surface area contributed by atoms with Crippen LogP contribution in [0.5, 0.6) is 0 Å². The minimum absolute atomic E-state index is 0.140. The average molecular weight is 602 g/mol. The van der Waals surface area contributed by atoms with Gasteiger partial charge >= 0.3 is 0 Å². The molecule has 0 fully saturated rings. The molecule has 0 N–H and O–H groups in total. The number of rotatable bonds is 5. The van der Waals surface area contributed by atoms with Gasteiger partial charge in [0.25, 0.3) is 0 Å². The lowest BCUT2D eigenvalue weighted by molar-refractivity contribution is 0.660. The van der Waals surface area contributed by atoms with Gasteiger partial charge in [-0.25, -0.2) is 9.97 Å². The van der Waals surface area contributed by atoms with Gasteiger partial charge in [-0.1, -0.05) is 147 Å². The van der Waals surface area contributed by atoms with Crippen LogP contribution in [0.25, 0.3) is 67.3 Å². The van der Waals surface area contributed by atoms with Crippen LogP contribution in [0.4, 0.5) is 0 Å². The topological polar surface area (TPSA) is 49.6 Å². The summed E-state index contributed by atoms with van der Waals surface area (Å²) in [6.45, 7) is 4.53. The van der Waals surface area contributed by atoms with Gasteiger partial charge in [0.2, 0.25) is 0 Å². The first-order valence-electron chi connectivity index (χ1n) is 15.9. The van der Waals surface area contributed by atoms with E-state index in [1.807, 2.05) is 36.4 Å². The van der Waals surface area contributed by atoms with Crippen molar-refractivity contribution in [3.63, 3.8) is 0 Å². The van der Waals surface area contributed by atoms with Crippen LogP contribution in [-0.4, -0.2) is 9.97 Å². The van der Waals surface area contributed by atoms with E-state index >= 15 is 0 Å². The second-order valence-electron chi connectivity index (χ2n) is 12.6. The first-order chi connectivity index (χ1) is 23.0. The Morgan fingerprint density at radius 2 is 1.02 bits per heavy atom. The molecule has 1 aliphatic carbocycles. The second-order valence-corrected chi connectivity index (χ2v) is 12.6. The fourth-order valence-corrected chi connectivity index (χ4v) is 6.86. The third kappa shape index (κ3) is 5.01. The molecule has 6 aromatic carbocycles. The van der Waals surface area contributed by atoms with Gasteiger partial charge in [-0.05, 0) is 62.7 Å². The van der Waals surface area contributed by atoms with Crippen molar-refractivity contribution in [3.05, 3.63) is 168 Å². The monoisotopic (exact) mass is 601 g/mol. The van der Waals surface area contributed by atoms with Gasteiger partial charge in [-0.3, -0.25) is 0 Å². The normalized spacial score (nSPS) is 12.6. The van der Waals surface area contributed by atoms with E-state index in [1.54, 1.807) is 0 Å². The Kier molecular flexibility index (Phi) is 6.85. The Balaban J connectivity index is 1.20. The lowest BCUT2D eigenvalue weighted by Gasteiger charge is -2.21. The molecule has 0 radical (unpaired) electrons. The second kappa shape index (κ2) is 11.4. The summed E-state index contributed by atoms with van der Waals surface area (Å²) in [6.07, 6.45) is 0. The molecular weight excluding hydrogens is 571 g/mol. The van der Waals surface area contributed by atoms with Gasteiger partial charge in [0.1, 0.15) is 0 Å². The van der Waals surface area contributed by atoms with Gasteiger partial charge in [-0.15, -0.1) is 0 Å². The standard InChI is InChI=1S/C44H31N3/c1-44(2)38-25-16-29(28-45)26-37(38)42-36(14-9-15-39(42)44)32-19-23-34(24-20-32)41-27-40(46-43(47-41)35-12-7-4-8-13-35)33-21-17-31(18-22-33)30-10-5-3-6-11-30/h3-27H,1-2H3. The number of aromatic nitrogens is 2. The molecule has 0 spiro atoms. The molecule has 1 aromatic heterocycles. The van der Waals surface area contributed by atoms with Crippen LogP contribution >= 0.6 is 0 Å². The van der Waals surface area contributed by atoms with Gasteiger partial charge in [0.15, 0.2) is 5.82 Å². The van der Waals surface area contributed by atoms with Crippen molar-refractivity contribution >= 4 is 0 Å². The summed E-state index contributed by atoms with van der Waals surface area (Å²) in [5.41, 5.74) is 14.9. The first kappa shape index (κ1) is 28.4. The Morgan fingerprint density at radius 1 is 0.468 bits per heavy atom. The molecule has 0 unspecified atom stereocenters. The van der Waals surface area contributed by atoms with Crippen LogP contribution in [0.2, 0.25) is 0 Å². The average Bonchev–Trinajstić information content (AvgIpc) is 3.38. The SMILES string of the molecule is CC1(C)c2ccc(C#N)cc2-c2c(-c3ccc(-c4cc(-c5ccc(-c6ccccc6)cc5)nc(-c5ccccc5)n4)cc3)cccc21. The maximum atomic E-state index is 9.66. The summed E-state index contributed by atoms with van der Waals surface area (Å²) < 4.78 is 0. The molecule has 0 bridgehead atoms. The van der Waals surface area contributed by atoms with Gasteiger partial charge < -0.3 is 0 Å². The highest BCUT2D eigenvalue weighted by Crippen LogP contribution is 2.52. The number of benzene rings is 6. The van der Waals surface area contributed by atoms with Crippen molar-refractivity contribution in [3.8, 4) is 73.4 Å². The third-order valence-electron chi connectivity index (χ3n) is 9.37. The molecule has 0 saturated heterocycles. The molecular formula is C44H31N3. The molecule has 3 heteroatoms. The molecule has 1 heterocycles. The van der Waals surface area contributed by atoms with Crippen LogP contribution < -0.4 is 0 Å². The molecule has 3 nitrogen and oxygen atoms in total. The van der Waals surface area contributed by atoms with Crippen LogP contribution in [-0.2, 0) is 5.41 Å². The smallest absolute Gasteiger partial charge is 0.160 e. The highest BCUT2D eigenvalue weighted by atomic mass is 14.9. The number of nitrogens with zero attached hydrogens (tertiary/aromatic N) is 3. The summed E-state index contributed by atoms with van der Waals surface area (Å²) in [7, 11) is 0. The maximum absolute atomic E-state index is 9.66. The predicted octanol–water partition coefficient (Wildman–Crippen LogP) is 11.0. The van der Waals surface area contributed by atoms with Crippen molar-refractivity contribution in [2.24, 2.45) is 0 Å². The summed E-state index contributed by atoms with van der Waals surface area (Å²) >= 11 is 0. The van der Waals surface area contributed by atoms with Crippen molar-refractivity contribution in [1.29, 1.82) is 5.26 Å². The molecule has 8 rings (SSSR count). The van der Waals surface area contributed by atoms with Crippen molar-refractivity contribution in [2.45, 2.75) is 19.3 Å². The Morgan fingerprint density at radius 3 is 1.64 bits per heavy atom. The first-order valence-corrected chi connectivity index (χ1v) is 15.9. The minimum Gasteiger partial charge on any atom is -0.228 e. The Bertz CT molecular complexity index is 2300. The zero-order valence-electron chi connectivity index (χ0n) is 26.3. The van der Waals surface area contributed by atoms with Crippen LogP contribution in [0, 0.1) is 11.3 Å². The van der Waals surface area contributed by atoms with E-state index < -0.39 is 0 Å². The quantitative estimate of drug-likeness (QED) is 0.197. The van der Waals surface area contributed by atoms with Gasteiger partial charge in [0.05, 0.1) is 23.0 Å². The van der Waals surface area contributed by atoms with Crippen LogP contribution in [0.15, 0.2) is 152 Å². The molecule has 1 aliphatic rings. The lowest BCUT2D eigenvalue weighted by atomic mass is 9.82. The third-order valence-corrected chi connectivity index (χ3v) is 9.37. The van der Waals surface area contributed by atoms with Crippen molar-refractivity contribution in [1.82, 2.24) is 9.97 Å². The molecule has 7 aromatic rings. The number of hydrogen-bond donors (Lipinski definition) is 0. The summed E-state index contributed by atoms with van der Waals surface area (Å²) in [5, 5.41) is 9.66. The van der Waals surface area contributed by atoms with E-state index in [9.17, 15) is 5.26 Å². The lowest BCUT2D eigenvalue weighted by Crippen LogP contribution is -2.14. The van der Waals surface area contributed by atoms with E-state index in [0.717, 1.165) is 39.2 Å². The predicted molar refractivity (Wildman–Crippen MR) is 191 cm³/mol. The fraction of sp³-hybridized carbons (Fsp3) is 0.0682. The Hall–Kier alpha value is -6.11. The van der Waals surface area contributed by atoms with E-state index in [2.05, 4.69) is 135 Å². The number of hydrogen-bond acceptors (Lipinski definition) is 3. The molecule has 0 amide bonds.